The van der Waals surface area contributed by atoms with Gasteiger partial charge in [-0.2, -0.15) is 0 Å². The number of hydrogen-bond acceptors (Lipinski definition) is 5. The number of carbonyl (C=O) groups excluding carboxylic acids is 1. The normalized spacial score (nSPS) is 18.2. The molecule has 1 aliphatic rings. The van der Waals surface area contributed by atoms with Crippen molar-refractivity contribution in [3.63, 3.8) is 0 Å². The SMILES string of the molecule is CC(C)c1nnc([C@@H]2COCCN2C(=O)c2cccc3[nH]ccc23)o1. The van der Waals surface area contributed by atoms with E-state index in [1.807, 2.05) is 44.3 Å². The Bertz CT molecular complexity index is 899. The zero-order chi connectivity index (χ0) is 17.4. The average Bonchev–Trinajstić information content (AvgIpc) is 3.30. The highest BCUT2D eigenvalue weighted by Gasteiger charge is 2.34. The van der Waals surface area contributed by atoms with Gasteiger partial charge >= 0.3 is 0 Å². The molecule has 0 unspecified atom stereocenters. The Morgan fingerprint density at radius 1 is 1.32 bits per heavy atom. The molecule has 1 amide bonds. The van der Waals surface area contributed by atoms with Crippen LogP contribution in [0.4, 0.5) is 0 Å². The summed E-state index contributed by atoms with van der Waals surface area (Å²) in [5, 5.41) is 9.14. The third-order valence-electron chi connectivity index (χ3n) is 4.45. The molecule has 3 aromatic rings. The number of morpholine rings is 1. The number of benzene rings is 1. The zero-order valence-electron chi connectivity index (χ0n) is 14.2. The Kier molecular flexibility index (Phi) is 4.01. The molecule has 2 aromatic heterocycles. The van der Waals surface area contributed by atoms with Gasteiger partial charge in [0.25, 0.3) is 5.91 Å². The van der Waals surface area contributed by atoms with Crippen molar-refractivity contribution in [3.05, 3.63) is 47.8 Å². The van der Waals surface area contributed by atoms with E-state index in [-0.39, 0.29) is 17.9 Å². The van der Waals surface area contributed by atoms with Crippen molar-refractivity contribution < 1.29 is 13.9 Å². The van der Waals surface area contributed by atoms with Gasteiger partial charge in [0.15, 0.2) is 0 Å². The van der Waals surface area contributed by atoms with Crippen LogP contribution >= 0.6 is 0 Å². The van der Waals surface area contributed by atoms with E-state index < -0.39 is 0 Å². The van der Waals surface area contributed by atoms with Crippen LogP contribution in [0.3, 0.4) is 0 Å². The number of nitrogens with one attached hydrogen (secondary N) is 1. The van der Waals surface area contributed by atoms with Crippen molar-refractivity contribution >= 4 is 16.8 Å². The minimum absolute atomic E-state index is 0.0530. The van der Waals surface area contributed by atoms with Gasteiger partial charge in [0.05, 0.1) is 13.2 Å². The standard InChI is InChI=1S/C18H20N4O3/c1-11(2)16-20-21-17(25-16)15-10-24-9-8-22(15)18(23)13-4-3-5-14-12(13)6-7-19-14/h3-7,11,15,19H,8-10H2,1-2H3/t15-/m0/s1. The first kappa shape index (κ1) is 15.8. The van der Waals surface area contributed by atoms with Crippen molar-refractivity contribution in [2.45, 2.75) is 25.8 Å². The number of aromatic nitrogens is 3. The topological polar surface area (TPSA) is 84.3 Å². The van der Waals surface area contributed by atoms with Crippen LogP contribution in [0.1, 0.15) is 47.9 Å². The Morgan fingerprint density at radius 2 is 2.20 bits per heavy atom. The lowest BCUT2D eigenvalue weighted by atomic mass is 10.1. The Hall–Kier alpha value is -2.67. The molecule has 4 rings (SSSR count). The van der Waals surface area contributed by atoms with E-state index in [9.17, 15) is 4.79 Å². The van der Waals surface area contributed by atoms with Gasteiger partial charge in [-0.1, -0.05) is 19.9 Å². The van der Waals surface area contributed by atoms with Gasteiger partial charge in [0, 0.05) is 35.1 Å². The van der Waals surface area contributed by atoms with Crippen molar-refractivity contribution in [2.75, 3.05) is 19.8 Å². The van der Waals surface area contributed by atoms with Gasteiger partial charge in [-0.3, -0.25) is 4.79 Å². The number of nitrogens with zero attached hydrogens (tertiary/aromatic N) is 3. The summed E-state index contributed by atoms with van der Waals surface area (Å²) >= 11 is 0. The van der Waals surface area contributed by atoms with Gasteiger partial charge in [0.1, 0.15) is 6.04 Å². The van der Waals surface area contributed by atoms with E-state index in [4.69, 9.17) is 9.15 Å². The Balaban J connectivity index is 1.68. The fraction of sp³-hybridized carbons (Fsp3) is 0.389. The number of fused-ring (bicyclic) bond motifs is 1. The van der Waals surface area contributed by atoms with E-state index in [2.05, 4.69) is 15.2 Å². The molecule has 1 atom stereocenters. The van der Waals surface area contributed by atoms with Crippen molar-refractivity contribution in [1.82, 2.24) is 20.1 Å². The molecule has 1 aliphatic heterocycles. The fourth-order valence-electron chi connectivity index (χ4n) is 3.09. The lowest BCUT2D eigenvalue weighted by Gasteiger charge is -2.33. The lowest BCUT2D eigenvalue weighted by Crippen LogP contribution is -2.43. The van der Waals surface area contributed by atoms with E-state index in [0.717, 1.165) is 10.9 Å². The fourth-order valence-corrected chi connectivity index (χ4v) is 3.09. The van der Waals surface area contributed by atoms with Gasteiger partial charge in [0.2, 0.25) is 11.8 Å². The molecular formula is C18H20N4O3. The number of carbonyl (C=O) groups is 1. The highest BCUT2D eigenvalue weighted by Crippen LogP contribution is 2.28. The predicted molar refractivity (Wildman–Crippen MR) is 91.3 cm³/mol. The minimum atomic E-state index is -0.365. The van der Waals surface area contributed by atoms with E-state index in [0.29, 0.717) is 37.1 Å². The molecule has 1 N–H and O–H groups in total. The lowest BCUT2D eigenvalue weighted by molar-refractivity contribution is -0.0106. The van der Waals surface area contributed by atoms with Crippen LogP contribution in [-0.4, -0.2) is 45.7 Å². The Labute approximate surface area is 145 Å². The smallest absolute Gasteiger partial charge is 0.255 e. The number of aromatic amines is 1. The summed E-state index contributed by atoms with van der Waals surface area (Å²) in [6.45, 7) is 5.32. The quantitative estimate of drug-likeness (QED) is 0.792. The summed E-state index contributed by atoms with van der Waals surface area (Å²) in [5.74, 6) is 1.09. The maximum atomic E-state index is 13.2. The first-order valence-electron chi connectivity index (χ1n) is 8.43. The van der Waals surface area contributed by atoms with Crippen LogP contribution in [0.5, 0.6) is 0 Å². The second-order valence-electron chi connectivity index (χ2n) is 6.47. The molecule has 1 fully saturated rings. The highest BCUT2D eigenvalue weighted by molar-refractivity contribution is 6.06. The molecule has 7 heteroatoms. The molecule has 0 radical (unpaired) electrons. The molecule has 7 nitrogen and oxygen atoms in total. The number of rotatable bonds is 3. The summed E-state index contributed by atoms with van der Waals surface area (Å²) in [6, 6.07) is 7.23. The molecular weight excluding hydrogens is 320 g/mol. The van der Waals surface area contributed by atoms with Crippen LogP contribution in [0.15, 0.2) is 34.9 Å². The minimum Gasteiger partial charge on any atom is -0.423 e. The Morgan fingerprint density at radius 3 is 3.00 bits per heavy atom. The summed E-state index contributed by atoms with van der Waals surface area (Å²) in [4.78, 5) is 18.1. The summed E-state index contributed by atoms with van der Waals surface area (Å²) in [5.41, 5.74) is 1.60. The summed E-state index contributed by atoms with van der Waals surface area (Å²) in [7, 11) is 0. The molecule has 0 aliphatic carbocycles. The van der Waals surface area contributed by atoms with Crippen molar-refractivity contribution in [3.8, 4) is 0 Å². The zero-order valence-corrected chi connectivity index (χ0v) is 14.2. The molecule has 130 valence electrons. The van der Waals surface area contributed by atoms with E-state index in [1.54, 1.807) is 4.90 Å². The summed E-state index contributed by atoms with van der Waals surface area (Å²) in [6.07, 6.45) is 1.84. The third kappa shape index (κ3) is 2.80. The second-order valence-corrected chi connectivity index (χ2v) is 6.47. The monoisotopic (exact) mass is 340 g/mol. The number of ether oxygens (including phenoxy) is 1. The maximum absolute atomic E-state index is 13.2. The summed E-state index contributed by atoms with van der Waals surface area (Å²) < 4.78 is 11.3. The number of hydrogen-bond donors (Lipinski definition) is 1. The van der Waals surface area contributed by atoms with Crippen LogP contribution in [0.2, 0.25) is 0 Å². The van der Waals surface area contributed by atoms with Crippen molar-refractivity contribution in [2.24, 2.45) is 0 Å². The maximum Gasteiger partial charge on any atom is 0.255 e. The third-order valence-corrected chi connectivity index (χ3v) is 4.45. The van der Waals surface area contributed by atoms with Gasteiger partial charge in [-0.05, 0) is 18.2 Å². The van der Waals surface area contributed by atoms with Crippen LogP contribution in [0, 0.1) is 0 Å². The van der Waals surface area contributed by atoms with E-state index >= 15 is 0 Å². The molecule has 0 bridgehead atoms. The van der Waals surface area contributed by atoms with E-state index in [1.165, 1.54) is 0 Å². The van der Waals surface area contributed by atoms with Crippen molar-refractivity contribution in [1.29, 1.82) is 0 Å². The predicted octanol–water partition coefficient (Wildman–Crippen LogP) is 2.89. The van der Waals surface area contributed by atoms with Crippen LogP contribution in [0.25, 0.3) is 10.9 Å². The molecule has 3 heterocycles. The second kappa shape index (κ2) is 6.33. The number of amides is 1. The number of H-pyrrole nitrogens is 1. The highest BCUT2D eigenvalue weighted by atomic mass is 16.5. The first-order chi connectivity index (χ1) is 12.1. The molecule has 1 aromatic carbocycles. The van der Waals surface area contributed by atoms with Crippen LogP contribution in [-0.2, 0) is 4.74 Å². The largest absolute Gasteiger partial charge is 0.423 e. The van der Waals surface area contributed by atoms with Gasteiger partial charge in [-0.15, -0.1) is 10.2 Å². The molecule has 0 spiro atoms. The van der Waals surface area contributed by atoms with Gasteiger partial charge in [-0.25, -0.2) is 0 Å². The average molecular weight is 340 g/mol. The molecule has 0 saturated carbocycles. The van der Waals surface area contributed by atoms with Gasteiger partial charge < -0.3 is 19.0 Å². The molecule has 25 heavy (non-hydrogen) atoms. The van der Waals surface area contributed by atoms with Crippen LogP contribution < -0.4 is 0 Å². The first-order valence-corrected chi connectivity index (χ1v) is 8.43. The molecule has 1 saturated heterocycles.